The highest BCUT2D eigenvalue weighted by atomic mass is 32.1. The molecule has 0 amide bonds. The Hall–Kier alpha value is -1.16. The predicted octanol–water partition coefficient (Wildman–Crippen LogP) is 3.24. The van der Waals surface area contributed by atoms with Crippen molar-refractivity contribution in [3.8, 4) is 0 Å². The van der Waals surface area contributed by atoms with Gasteiger partial charge in [0, 0.05) is 30.6 Å². The number of nitrogens with two attached hydrogens (primary N) is 1. The van der Waals surface area contributed by atoms with E-state index >= 15 is 0 Å². The minimum absolute atomic E-state index is 0.422. The standard InChI is InChI=1S/C17H22N2S/c1-13(14-5-3-2-4-6-14)16(11-18)19-9-7-17-15(12-19)8-10-20-17/h2-6,8,10,13,16H,7,9,11-12,18H2,1H3. The summed E-state index contributed by atoms with van der Waals surface area (Å²) >= 11 is 1.89. The molecule has 2 N–H and O–H groups in total. The van der Waals surface area contributed by atoms with Gasteiger partial charge >= 0.3 is 0 Å². The molecule has 1 aliphatic heterocycles. The van der Waals surface area contributed by atoms with Crippen LogP contribution in [0.4, 0.5) is 0 Å². The highest BCUT2D eigenvalue weighted by molar-refractivity contribution is 7.10. The van der Waals surface area contributed by atoms with Crippen LogP contribution < -0.4 is 5.73 Å². The average Bonchev–Trinajstić information content (AvgIpc) is 2.96. The number of hydrogen-bond donors (Lipinski definition) is 1. The molecule has 2 heterocycles. The van der Waals surface area contributed by atoms with Crippen molar-refractivity contribution in [2.45, 2.75) is 31.8 Å². The molecule has 2 atom stereocenters. The van der Waals surface area contributed by atoms with Crippen LogP contribution in [0.15, 0.2) is 41.8 Å². The fourth-order valence-electron chi connectivity index (χ4n) is 3.20. The molecule has 0 fully saturated rings. The lowest BCUT2D eigenvalue weighted by atomic mass is 9.91. The van der Waals surface area contributed by atoms with Gasteiger partial charge in [0.05, 0.1) is 0 Å². The summed E-state index contributed by atoms with van der Waals surface area (Å²) in [4.78, 5) is 4.12. The molecule has 0 spiro atoms. The first-order valence-corrected chi connectivity index (χ1v) is 8.22. The Morgan fingerprint density at radius 1 is 1.25 bits per heavy atom. The highest BCUT2D eigenvalue weighted by Crippen LogP contribution is 2.29. The number of hydrogen-bond acceptors (Lipinski definition) is 3. The highest BCUT2D eigenvalue weighted by Gasteiger charge is 2.27. The molecular weight excluding hydrogens is 264 g/mol. The zero-order valence-electron chi connectivity index (χ0n) is 12.0. The van der Waals surface area contributed by atoms with Crippen molar-refractivity contribution in [1.29, 1.82) is 0 Å². The van der Waals surface area contributed by atoms with E-state index in [0.29, 0.717) is 12.0 Å². The minimum atomic E-state index is 0.422. The van der Waals surface area contributed by atoms with Crippen LogP contribution in [0.2, 0.25) is 0 Å². The lowest BCUT2D eigenvalue weighted by Crippen LogP contribution is -2.46. The molecule has 0 aliphatic carbocycles. The molecule has 106 valence electrons. The van der Waals surface area contributed by atoms with E-state index in [9.17, 15) is 0 Å². The normalized spacial score (nSPS) is 18.5. The van der Waals surface area contributed by atoms with E-state index in [0.717, 1.165) is 19.6 Å². The van der Waals surface area contributed by atoms with E-state index in [4.69, 9.17) is 5.73 Å². The van der Waals surface area contributed by atoms with E-state index in [1.807, 2.05) is 11.3 Å². The van der Waals surface area contributed by atoms with Gasteiger partial charge in [0.1, 0.15) is 0 Å². The number of nitrogens with zero attached hydrogens (tertiary/aromatic N) is 1. The molecule has 2 nitrogen and oxygen atoms in total. The third-order valence-corrected chi connectivity index (χ3v) is 5.47. The van der Waals surface area contributed by atoms with Gasteiger partial charge in [-0.2, -0.15) is 0 Å². The number of rotatable bonds is 4. The third kappa shape index (κ3) is 2.66. The number of fused-ring (bicyclic) bond motifs is 1. The monoisotopic (exact) mass is 286 g/mol. The summed E-state index contributed by atoms with van der Waals surface area (Å²) in [6.45, 7) is 5.20. The molecule has 0 radical (unpaired) electrons. The number of benzene rings is 1. The van der Waals surface area contributed by atoms with Crippen molar-refractivity contribution in [2.24, 2.45) is 5.73 Å². The Kier molecular flexibility index (Phi) is 4.20. The summed E-state index contributed by atoms with van der Waals surface area (Å²) in [5, 5.41) is 2.21. The van der Waals surface area contributed by atoms with Gasteiger partial charge in [-0.1, -0.05) is 37.3 Å². The number of thiophene rings is 1. The molecule has 0 saturated carbocycles. The zero-order chi connectivity index (χ0) is 13.9. The van der Waals surface area contributed by atoms with E-state index in [2.05, 4.69) is 53.6 Å². The average molecular weight is 286 g/mol. The van der Waals surface area contributed by atoms with Gasteiger partial charge in [0.2, 0.25) is 0 Å². The summed E-state index contributed by atoms with van der Waals surface area (Å²) < 4.78 is 0. The lowest BCUT2D eigenvalue weighted by molar-refractivity contribution is 0.164. The maximum absolute atomic E-state index is 6.10. The van der Waals surface area contributed by atoms with Gasteiger partial charge in [0.25, 0.3) is 0 Å². The second-order valence-corrected chi connectivity index (χ2v) is 6.59. The first-order valence-electron chi connectivity index (χ1n) is 7.34. The van der Waals surface area contributed by atoms with Gasteiger partial charge in [-0.05, 0) is 34.9 Å². The van der Waals surface area contributed by atoms with E-state index in [1.165, 1.54) is 17.5 Å². The van der Waals surface area contributed by atoms with Crippen molar-refractivity contribution < 1.29 is 0 Å². The quantitative estimate of drug-likeness (QED) is 0.935. The molecule has 3 rings (SSSR count). The van der Waals surface area contributed by atoms with Crippen molar-refractivity contribution in [3.05, 3.63) is 57.8 Å². The second-order valence-electron chi connectivity index (χ2n) is 5.59. The van der Waals surface area contributed by atoms with Gasteiger partial charge < -0.3 is 5.73 Å². The van der Waals surface area contributed by atoms with Crippen LogP contribution in [0, 0.1) is 0 Å². The van der Waals surface area contributed by atoms with Crippen LogP contribution in [0.5, 0.6) is 0 Å². The van der Waals surface area contributed by atoms with E-state index in [-0.39, 0.29) is 0 Å². The molecule has 1 aromatic carbocycles. The fraction of sp³-hybridized carbons (Fsp3) is 0.412. The largest absolute Gasteiger partial charge is 0.329 e. The predicted molar refractivity (Wildman–Crippen MR) is 86.1 cm³/mol. The molecule has 0 saturated heterocycles. The van der Waals surface area contributed by atoms with Gasteiger partial charge in [-0.3, -0.25) is 4.90 Å². The topological polar surface area (TPSA) is 29.3 Å². The summed E-state index contributed by atoms with van der Waals surface area (Å²) in [5.74, 6) is 0.474. The van der Waals surface area contributed by atoms with Gasteiger partial charge in [-0.25, -0.2) is 0 Å². The fourth-order valence-corrected chi connectivity index (χ4v) is 4.09. The van der Waals surface area contributed by atoms with Crippen LogP contribution in [-0.2, 0) is 13.0 Å². The summed E-state index contributed by atoms with van der Waals surface area (Å²) in [7, 11) is 0. The first kappa shape index (κ1) is 13.8. The van der Waals surface area contributed by atoms with Crippen molar-refractivity contribution in [2.75, 3.05) is 13.1 Å². The maximum atomic E-state index is 6.10. The Labute approximate surface area is 125 Å². The minimum Gasteiger partial charge on any atom is -0.329 e. The molecule has 1 aromatic heterocycles. The smallest absolute Gasteiger partial charge is 0.0288 e. The molecule has 1 aliphatic rings. The first-order chi connectivity index (χ1) is 9.79. The molecule has 0 bridgehead atoms. The second kappa shape index (κ2) is 6.08. The molecule has 2 unspecified atom stereocenters. The Balaban J connectivity index is 1.77. The lowest BCUT2D eigenvalue weighted by Gasteiger charge is -2.37. The van der Waals surface area contributed by atoms with Crippen LogP contribution in [0.3, 0.4) is 0 Å². The molecular formula is C17H22N2S. The van der Waals surface area contributed by atoms with E-state index in [1.54, 1.807) is 4.88 Å². The summed E-state index contributed by atoms with van der Waals surface area (Å²) in [6.07, 6.45) is 1.17. The Morgan fingerprint density at radius 2 is 2.05 bits per heavy atom. The van der Waals surface area contributed by atoms with Gasteiger partial charge in [0.15, 0.2) is 0 Å². The maximum Gasteiger partial charge on any atom is 0.0288 e. The summed E-state index contributed by atoms with van der Waals surface area (Å²) in [6, 6.07) is 13.4. The summed E-state index contributed by atoms with van der Waals surface area (Å²) in [5.41, 5.74) is 8.99. The molecule has 20 heavy (non-hydrogen) atoms. The Bertz CT molecular complexity index is 549. The van der Waals surface area contributed by atoms with E-state index < -0.39 is 0 Å². The van der Waals surface area contributed by atoms with Crippen molar-refractivity contribution in [3.63, 3.8) is 0 Å². The molecule has 2 aromatic rings. The van der Waals surface area contributed by atoms with Crippen LogP contribution in [-0.4, -0.2) is 24.0 Å². The zero-order valence-corrected chi connectivity index (χ0v) is 12.8. The van der Waals surface area contributed by atoms with Crippen LogP contribution in [0.1, 0.15) is 28.8 Å². The molecule has 3 heteroatoms. The van der Waals surface area contributed by atoms with Gasteiger partial charge in [-0.15, -0.1) is 11.3 Å². The third-order valence-electron chi connectivity index (χ3n) is 4.45. The van der Waals surface area contributed by atoms with Crippen LogP contribution in [0.25, 0.3) is 0 Å². The van der Waals surface area contributed by atoms with Crippen molar-refractivity contribution in [1.82, 2.24) is 4.90 Å². The van der Waals surface area contributed by atoms with Crippen LogP contribution >= 0.6 is 11.3 Å². The SMILES string of the molecule is CC(c1ccccc1)C(CN)N1CCc2sccc2C1. The van der Waals surface area contributed by atoms with Crippen molar-refractivity contribution >= 4 is 11.3 Å². The Morgan fingerprint density at radius 3 is 2.80 bits per heavy atom.